The van der Waals surface area contributed by atoms with Gasteiger partial charge >= 0.3 is 0 Å². The van der Waals surface area contributed by atoms with Crippen molar-refractivity contribution in [3.8, 4) is 0 Å². The number of hydrogen-bond acceptors (Lipinski definition) is 3. The van der Waals surface area contributed by atoms with Crippen LogP contribution in [-0.2, 0) is 0 Å². The molecule has 2 aromatic carbocycles. The van der Waals surface area contributed by atoms with Crippen LogP contribution in [0.15, 0.2) is 65.8 Å². The number of carbonyl (C=O) groups excluding carboxylic acids is 1. The van der Waals surface area contributed by atoms with Crippen LogP contribution in [0, 0.1) is 0 Å². The third-order valence-electron chi connectivity index (χ3n) is 3.11. The van der Waals surface area contributed by atoms with E-state index in [0.717, 1.165) is 10.9 Å². The molecule has 1 amide bonds. The van der Waals surface area contributed by atoms with Crippen LogP contribution in [0.2, 0.25) is 5.15 Å². The summed E-state index contributed by atoms with van der Waals surface area (Å²) >= 11 is 6.12. The first kappa shape index (κ1) is 14.2. The van der Waals surface area contributed by atoms with Crippen LogP contribution in [0.3, 0.4) is 0 Å². The SMILES string of the molecule is O=C(NN=Cc1cc2ccccc2nc1Cl)c1ccccc1. The third-order valence-corrected chi connectivity index (χ3v) is 3.41. The molecule has 0 spiro atoms. The average molecular weight is 310 g/mol. The number of pyridine rings is 1. The highest BCUT2D eigenvalue weighted by Crippen LogP contribution is 2.18. The molecule has 0 atom stereocenters. The Kier molecular flexibility index (Phi) is 4.12. The number of hydrogen-bond donors (Lipinski definition) is 1. The van der Waals surface area contributed by atoms with E-state index in [4.69, 9.17) is 11.6 Å². The molecule has 1 aromatic heterocycles. The Morgan fingerprint density at radius 3 is 2.64 bits per heavy atom. The molecule has 1 N–H and O–H groups in total. The number of para-hydroxylation sites is 1. The molecule has 0 bridgehead atoms. The molecule has 108 valence electrons. The summed E-state index contributed by atoms with van der Waals surface area (Å²) in [5.41, 5.74) is 4.48. The van der Waals surface area contributed by atoms with Gasteiger partial charge in [0.2, 0.25) is 0 Å². The summed E-state index contributed by atoms with van der Waals surface area (Å²) in [5.74, 6) is -0.276. The number of nitrogens with one attached hydrogen (secondary N) is 1. The van der Waals surface area contributed by atoms with Crippen LogP contribution in [0.25, 0.3) is 10.9 Å². The van der Waals surface area contributed by atoms with E-state index in [9.17, 15) is 4.79 Å². The first-order valence-corrected chi connectivity index (χ1v) is 7.05. The number of nitrogens with zero attached hydrogens (tertiary/aromatic N) is 2. The number of amides is 1. The van der Waals surface area contributed by atoms with Gasteiger partial charge in [0, 0.05) is 16.5 Å². The largest absolute Gasteiger partial charge is 0.271 e. The second-order valence-electron chi connectivity index (χ2n) is 4.63. The molecule has 0 saturated carbocycles. The number of rotatable bonds is 3. The van der Waals surface area contributed by atoms with Crippen molar-refractivity contribution in [3.05, 3.63) is 76.9 Å². The summed E-state index contributed by atoms with van der Waals surface area (Å²) < 4.78 is 0. The van der Waals surface area contributed by atoms with Crippen LogP contribution in [0.4, 0.5) is 0 Å². The summed E-state index contributed by atoms with van der Waals surface area (Å²) in [7, 11) is 0. The lowest BCUT2D eigenvalue weighted by atomic mass is 10.2. The Balaban J connectivity index is 1.78. The lowest BCUT2D eigenvalue weighted by Gasteiger charge is -2.02. The van der Waals surface area contributed by atoms with Crippen molar-refractivity contribution in [1.29, 1.82) is 0 Å². The second kappa shape index (κ2) is 6.37. The van der Waals surface area contributed by atoms with Gasteiger partial charge in [0.25, 0.3) is 5.91 Å². The number of fused-ring (bicyclic) bond motifs is 1. The molecule has 0 aliphatic heterocycles. The minimum Gasteiger partial charge on any atom is -0.267 e. The van der Waals surface area contributed by atoms with Gasteiger partial charge in [0.1, 0.15) is 5.15 Å². The van der Waals surface area contributed by atoms with Crippen molar-refractivity contribution in [1.82, 2.24) is 10.4 Å². The number of aromatic nitrogens is 1. The summed E-state index contributed by atoms with van der Waals surface area (Å²) in [5, 5.41) is 5.24. The standard InChI is InChI=1S/C17H12ClN3O/c18-16-14(10-13-8-4-5-9-15(13)20-16)11-19-21-17(22)12-6-2-1-3-7-12/h1-11H,(H,21,22). The maximum absolute atomic E-state index is 11.9. The molecule has 5 heteroatoms. The molecule has 22 heavy (non-hydrogen) atoms. The fraction of sp³-hybridized carbons (Fsp3) is 0. The zero-order valence-corrected chi connectivity index (χ0v) is 12.3. The molecule has 0 fully saturated rings. The zero-order chi connectivity index (χ0) is 15.4. The van der Waals surface area contributed by atoms with Crippen LogP contribution in [0.5, 0.6) is 0 Å². The predicted octanol–water partition coefficient (Wildman–Crippen LogP) is 3.65. The fourth-order valence-corrected chi connectivity index (χ4v) is 2.21. The van der Waals surface area contributed by atoms with Gasteiger partial charge in [-0.15, -0.1) is 0 Å². The lowest BCUT2D eigenvalue weighted by Crippen LogP contribution is -2.17. The van der Waals surface area contributed by atoms with Gasteiger partial charge < -0.3 is 0 Å². The van der Waals surface area contributed by atoms with Crippen molar-refractivity contribution in [2.45, 2.75) is 0 Å². The molecule has 0 aliphatic rings. The summed E-state index contributed by atoms with van der Waals surface area (Å²) in [6.07, 6.45) is 1.49. The summed E-state index contributed by atoms with van der Waals surface area (Å²) in [6.45, 7) is 0. The van der Waals surface area contributed by atoms with E-state index in [0.29, 0.717) is 16.3 Å². The molecule has 0 saturated heterocycles. The monoisotopic (exact) mass is 309 g/mol. The lowest BCUT2D eigenvalue weighted by molar-refractivity contribution is 0.0955. The molecule has 3 rings (SSSR count). The van der Waals surface area contributed by atoms with Gasteiger partial charge in [-0.05, 0) is 24.3 Å². The minimum atomic E-state index is -0.276. The van der Waals surface area contributed by atoms with Crippen molar-refractivity contribution in [2.24, 2.45) is 5.10 Å². The van der Waals surface area contributed by atoms with E-state index in [1.807, 2.05) is 36.4 Å². The van der Waals surface area contributed by atoms with Crippen LogP contribution < -0.4 is 5.43 Å². The van der Waals surface area contributed by atoms with E-state index >= 15 is 0 Å². The van der Waals surface area contributed by atoms with Gasteiger partial charge in [0.15, 0.2) is 0 Å². The number of halogens is 1. The van der Waals surface area contributed by atoms with Crippen LogP contribution in [-0.4, -0.2) is 17.1 Å². The molecule has 3 aromatic rings. The topological polar surface area (TPSA) is 54.4 Å². The molecule has 0 radical (unpaired) electrons. The summed E-state index contributed by atoms with van der Waals surface area (Å²) in [4.78, 5) is 16.2. The van der Waals surface area contributed by atoms with Gasteiger partial charge in [-0.1, -0.05) is 48.0 Å². The maximum Gasteiger partial charge on any atom is 0.271 e. The van der Waals surface area contributed by atoms with Crippen molar-refractivity contribution < 1.29 is 4.79 Å². The van der Waals surface area contributed by atoms with E-state index < -0.39 is 0 Å². The highest BCUT2D eigenvalue weighted by molar-refractivity contribution is 6.32. The molecule has 1 heterocycles. The van der Waals surface area contributed by atoms with Crippen LogP contribution in [0.1, 0.15) is 15.9 Å². The Morgan fingerprint density at radius 2 is 1.82 bits per heavy atom. The number of benzene rings is 2. The molecule has 0 unspecified atom stereocenters. The molecular formula is C17H12ClN3O. The molecule has 4 nitrogen and oxygen atoms in total. The highest BCUT2D eigenvalue weighted by Gasteiger charge is 2.04. The smallest absolute Gasteiger partial charge is 0.267 e. The number of hydrazone groups is 1. The second-order valence-corrected chi connectivity index (χ2v) is 4.98. The normalized spacial score (nSPS) is 11.0. The van der Waals surface area contributed by atoms with Crippen molar-refractivity contribution in [3.63, 3.8) is 0 Å². The fourth-order valence-electron chi connectivity index (χ4n) is 2.01. The van der Waals surface area contributed by atoms with Crippen molar-refractivity contribution in [2.75, 3.05) is 0 Å². The first-order valence-electron chi connectivity index (χ1n) is 6.68. The van der Waals surface area contributed by atoms with E-state index in [2.05, 4.69) is 15.5 Å². The Bertz CT molecular complexity index is 847. The highest BCUT2D eigenvalue weighted by atomic mass is 35.5. The zero-order valence-electron chi connectivity index (χ0n) is 11.5. The van der Waals surface area contributed by atoms with E-state index in [-0.39, 0.29) is 5.91 Å². The Morgan fingerprint density at radius 1 is 1.09 bits per heavy atom. The average Bonchev–Trinajstić information content (AvgIpc) is 2.56. The predicted molar refractivity (Wildman–Crippen MR) is 88.3 cm³/mol. The van der Waals surface area contributed by atoms with Gasteiger partial charge in [0.05, 0.1) is 11.7 Å². The van der Waals surface area contributed by atoms with Gasteiger partial charge in [-0.3, -0.25) is 4.79 Å². The maximum atomic E-state index is 11.9. The quantitative estimate of drug-likeness (QED) is 0.456. The van der Waals surface area contributed by atoms with Gasteiger partial charge in [-0.2, -0.15) is 5.10 Å². The summed E-state index contributed by atoms with van der Waals surface area (Å²) in [6, 6.07) is 18.4. The first-order chi connectivity index (χ1) is 10.7. The van der Waals surface area contributed by atoms with Crippen molar-refractivity contribution >= 4 is 34.6 Å². The molecule has 0 aliphatic carbocycles. The Labute approximate surface area is 132 Å². The Hall–Kier alpha value is -2.72. The molecular weight excluding hydrogens is 298 g/mol. The van der Waals surface area contributed by atoms with E-state index in [1.165, 1.54) is 6.21 Å². The third kappa shape index (κ3) is 3.13. The van der Waals surface area contributed by atoms with Gasteiger partial charge in [-0.25, -0.2) is 10.4 Å². The van der Waals surface area contributed by atoms with E-state index in [1.54, 1.807) is 24.3 Å². The minimum absolute atomic E-state index is 0.276. The van der Waals surface area contributed by atoms with Crippen LogP contribution >= 0.6 is 11.6 Å². The number of carbonyl (C=O) groups is 1.